The van der Waals surface area contributed by atoms with Gasteiger partial charge in [-0.1, -0.05) is 18.2 Å². The number of fused-ring (bicyclic) bond motifs is 1. The predicted molar refractivity (Wildman–Crippen MR) is 106 cm³/mol. The van der Waals surface area contributed by atoms with Crippen LogP contribution in [0.5, 0.6) is 0 Å². The van der Waals surface area contributed by atoms with Crippen molar-refractivity contribution < 1.29 is 13.2 Å². The van der Waals surface area contributed by atoms with E-state index in [4.69, 9.17) is 0 Å². The summed E-state index contributed by atoms with van der Waals surface area (Å²) in [6.07, 6.45) is 1.60. The second-order valence-electron chi connectivity index (χ2n) is 6.45. The SMILES string of the molecule is CNCC(F)(F)c1cccc(C(C)Nc2nc(C)nc3cnc(Br)cc23)c1F. The third-order valence-corrected chi connectivity index (χ3v) is 4.74. The molecule has 0 amide bonds. The molecule has 0 spiro atoms. The first-order valence-electron chi connectivity index (χ1n) is 8.60. The number of benzene rings is 1. The zero-order chi connectivity index (χ0) is 20.5. The maximum Gasteiger partial charge on any atom is 0.288 e. The van der Waals surface area contributed by atoms with Crippen molar-refractivity contribution in [2.45, 2.75) is 25.8 Å². The largest absolute Gasteiger partial charge is 0.363 e. The Morgan fingerprint density at radius 1 is 1.25 bits per heavy atom. The van der Waals surface area contributed by atoms with Crippen molar-refractivity contribution in [3.8, 4) is 0 Å². The molecule has 9 heteroatoms. The number of hydrogen-bond acceptors (Lipinski definition) is 5. The smallest absolute Gasteiger partial charge is 0.288 e. The number of rotatable bonds is 6. The van der Waals surface area contributed by atoms with Crippen LogP contribution in [0, 0.1) is 12.7 Å². The van der Waals surface area contributed by atoms with Gasteiger partial charge in [-0.15, -0.1) is 0 Å². The number of nitrogens with one attached hydrogen (secondary N) is 2. The molecule has 5 nitrogen and oxygen atoms in total. The molecule has 3 rings (SSSR count). The lowest BCUT2D eigenvalue weighted by molar-refractivity contribution is -0.00488. The standard InChI is InChI=1S/C19H19BrF3N5/c1-10(12-5-4-6-14(17(12)21)19(22,23)9-24-3)26-18-13-7-16(20)25-8-15(13)27-11(2)28-18/h4-8,10,24H,9H2,1-3H3,(H,26,27,28). The molecule has 0 aliphatic heterocycles. The first-order valence-corrected chi connectivity index (χ1v) is 9.40. The van der Waals surface area contributed by atoms with Gasteiger partial charge in [0.1, 0.15) is 22.1 Å². The Morgan fingerprint density at radius 3 is 2.71 bits per heavy atom. The second-order valence-corrected chi connectivity index (χ2v) is 7.27. The van der Waals surface area contributed by atoms with Gasteiger partial charge in [0.2, 0.25) is 0 Å². The number of anilines is 1. The highest BCUT2D eigenvalue weighted by Gasteiger charge is 2.35. The lowest BCUT2D eigenvalue weighted by atomic mass is 10.00. The van der Waals surface area contributed by atoms with E-state index in [1.54, 1.807) is 26.1 Å². The Balaban J connectivity index is 2.00. The van der Waals surface area contributed by atoms with Crippen LogP contribution in [0.15, 0.2) is 35.1 Å². The van der Waals surface area contributed by atoms with Gasteiger partial charge in [0.05, 0.1) is 29.9 Å². The molecule has 2 aromatic heterocycles. The number of halogens is 4. The number of alkyl halides is 2. The summed E-state index contributed by atoms with van der Waals surface area (Å²) in [4.78, 5) is 12.9. The molecule has 3 aromatic rings. The zero-order valence-electron chi connectivity index (χ0n) is 15.5. The van der Waals surface area contributed by atoms with Crippen LogP contribution in [0.4, 0.5) is 19.0 Å². The Hall–Kier alpha value is -2.26. The van der Waals surface area contributed by atoms with Crippen LogP contribution in [-0.4, -0.2) is 28.5 Å². The highest BCUT2D eigenvalue weighted by atomic mass is 79.9. The van der Waals surface area contributed by atoms with Crippen molar-refractivity contribution in [1.29, 1.82) is 0 Å². The summed E-state index contributed by atoms with van der Waals surface area (Å²) in [7, 11) is 1.40. The molecule has 0 aliphatic carbocycles. The molecule has 1 aromatic carbocycles. The molecule has 0 aliphatic rings. The van der Waals surface area contributed by atoms with Crippen LogP contribution in [0.3, 0.4) is 0 Å². The highest BCUT2D eigenvalue weighted by Crippen LogP contribution is 2.34. The summed E-state index contributed by atoms with van der Waals surface area (Å²) in [6.45, 7) is 2.78. The minimum atomic E-state index is -3.32. The minimum absolute atomic E-state index is 0.130. The normalized spacial score (nSPS) is 13.0. The summed E-state index contributed by atoms with van der Waals surface area (Å²) in [5.41, 5.74) is 0.120. The van der Waals surface area contributed by atoms with E-state index in [0.29, 0.717) is 27.1 Å². The molecule has 0 saturated carbocycles. The van der Waals surface area contributed by atoms with Gasteiger partial charge in [0, 0.05) is 10.9 Å². The summed E-state index contributed by atoms with van der Waals surface area (Å²) >= 11 is 3.31. The Bertz CT molecular complexity index is 1010. The molecule has 148 valence electrons. The monoisotopic (exact) mass is 453 g/mol. The van der Waals surface area contributed by atoms with Crippen molar-refractivity contribution >= 4 is 32.7 Å². The molecule has 1 atom stereocenters. The van der Waals surface area contributed by atoms with Crippen molar-refractivity contribution in [2.24, 2.45) is 0 Å². The molecule has 28 heavy (non-hydrogen) atoms. The van der Waals surface area contributed by atoms with Gasteiger partial charge in [-0.05, 0) is 42.9 Å². The number of pyridine rings is 1. The van der Waals surface area contributed by atoms with Gasteiger partial charge < -0.3 is 10.6 Å². The first-order chi connectivity index (χ1) is 13.2. The number of nitrogens with zero attached hydrogens (tertiary/aromatic N) is 3. The second kappa shape index (κ2) is 8.00. The minimum Gasteiger partial charge on any atom is -0.363 e. The maximum absolute atomic E-state index is 14.9. The highest BCUT2D eigenvalue weighted by molar-refractivity contribution is 9.10. The molecular formula is C19H19BrF3N5. The van der Waals surface area contributed by atoms with Crippen molar-refractivity contribution in [2.75, 3.05) is 18.9 Å². The van der Waals surface area contributed by atoms with Crippen LogP contribution in [0.25, 0.3) is 10.9 Å². The Kier molecular flexibility index (Phi) is 5.85. The average molecular weight is 454 g/mol. The van der Waals surface area contributed by atoms with E-state index in [1.807, 2.05) is 0 Å². The van der Waals surface area contributed by atoms with Crippen molar-refractivity contribution in [3.05, 3.63) is 57.8 Å². The fraction of sp³-hybridized carbons (Fsp3) is 0.316. The molecular weight excluding hydrogens is 435 g/mol. The summed E-state index contributed by atoms with van der Waals surface area (Å²) < 4.78 is 44.0. The predicted octanol–water partition coefficient (Wildman–Crippen LogP) is 4.72. The van der Waals surface area contributed by atoms with Gasteiger partial charge >= 0.3 is 0 Å². The van der Waals surface area contributed by atoms with Gasteiger partial charge in [-0.2, -0.15) is 8.78 Å². The molecule has 0 saturated heterocycles. The van der Waals surface area contributed by atoms with E-state index in [9.17, 15) is 13.2 Å². The number of aromatic nitrogens is 3. The average Bonchev–Trinajstić information content (AvgIpc) is 2.62. The summed E-state index contributed by atoms with van der Waals surface area (Å²) in [5, 5.41) is 6.21. The van der Waals surface area contributed by atoms with Crippen LogP contribution < -0.4 is 10.6 Å². The molecule has 0 bridgehead atoms. The van der Waals surface area contributed by atoms with Crippen molar-refractivity contribution in [1.82, 2.24) is 20.3 Å². The zero-order valence-corrected chi connectivity index (χ0v) is 17.1. The quantitative estimate of drug-likeness (QED) is 0.528. The van der Waals surface area contributed by atoms with E-state index in [1.165, 1.54) is 19.2 Å². The lowest BCUT2D eigenvalue weighted by Gasteiger charge is -2.22. The summed E-state index contributed by atoms with van der Waals surface area (Å²) in [5.74, 6) is -3.25. The fourth-order valence-corrected chi connectivity index (χ4v) is 3.33. The molecule has 2 heterocycles. The Morgan fingerprint density at radius 2 is 2.00 bits per heavy atom. The van der Waals surface area contributed by atoms with Gasteiger partial charge in [0.25, 0.3) is 5.92 Å². The number of hydrogen-bond donors (Lipinski definition) is 2. The van der Waals surface area contributed by atoms with E-state index in [-0.39, 0.29) is 5.56 Å². The van der Waals surface area contributed by atoms with Crippen LogP contribution >= 0.6 is 15.9 Å². The van der Waals surface area contributed by atoms with Crippen LogP contribution in [0.2, 0.25) is 0 Å². The summed E-state index contributed by atoms with van der Waals surface area (Å²) in [6, 6.07) is 5.17. The van der Waals surface area contributed by atoms with Crippen LogP contribution in [0.1, 0.15) is 29.9 Å². The first kappa shape index (κ1) is 20.5. The third-order valence-electron chi connectivity index (χ3n) is 4.30. The van der Waals surface area contributed by atoms with Gasteiger partial charge in [0.15, 0.2) is 0 Å². The molecule has 1 unspecified atom stereocenters. The van der Waals surface area contributed by atoms with Crippen molar-refractivity contribution in [3.63, 3.8) is 0 Å². The van der Waals surface area contributed by atoms with E-state index < -0.39 is 29.9 Å². The van der Waals surface area contributed by atoms with E-state index in [2.05, 4.69) is 41.5 Å². The fourth-order valence-electron chi connectivity index (χ4n) is 3.00. The third kappa shape index (κ3) is 4.10. The Labute approximate surface area is 168 Å². The molecule has 0 fully saturated rings. The van der Waals surface area contributed by atoms with E-state index >= 15 is 0 Å². The lowest BCUT2D eigenvalue weighted by Crippen LogP contribution is -2.29. The van der Waals surface area contributed by atoms with E-state index in [0.717, 1.165) is 6.07 Å². The van der Waals surface area contributed by atoms with Crippen LogP contribution in [-0.2, 0) is 5.92 Å². The van der Waals surface area contributed by atoms with Gasteiger partial charge in [-0.25, -0.2) is 19.3 Å². The number of likely N-dealkylation sites (N-methyl/N-ethyl adjacent to an activating group) is 1. The number of aryl methyl sites for hydroxylation is 1. The maximum atomic E-state index is 14.9. The topological polar surface area (TPSA) is 62.7 Å². The van der Waals surface area contributed by atoms with Gasteiger partial charge in [-0.3, -0.25) is 0 Å². The molecule has 0 radical (unpaired) electrons. The molecule has 2 N–H and O–H groups in total.